The highest BCUT2D eigenvalue weighted by Crippen LogP contribution is 2.21. The van der Waals surface area contributed by atoms with Gasteiger partial charge in [-0.25, -0.2) is 0 Å². The van der Waals surface area contributed by atoms with Gasteiger partial charge in [-0.05, 0) is 42.7 Å². The lowest BCUT2D eigenvalue weighted by Gasteiger charge is -2.06. The first-order valence-electron chi connectivity index (χ1n) is 5.63. The summed E-state index contributed by atoms with van der Waals surface area (Å²) >= 11 is 3.60. The molecule has 0 unspecified atom stereocenters. The molecule has 0 aliphatic carbocycles. The van der Waals surface area contributed by atoms with E-state index in [1.54, 1.807) is 0 Å². The highest BCUT2D eigenvalue weighted by molar-refractivity contribution is 9.10. The third-order valence-electron chi connectivity index (χ3n) is 2.42. The van der Waals surface area contributed by atoms with Crippen LogP contribution in [0.15, 0.2) is 4.47 Å². The van der Waals surface area contributed by atoms with E-state index in [1.165, 1.54) is 16.6 Å². The molecule has 0 radical (unpaired) electrons. The van der Waals surface area contributed by atoms with Crippen LogP contribution < -0.4 is 5.32 Å². The summed E-state index contributed by atoms with van der Waals surface area (Å²) < 4.78 is 3.25. The van der Waals surface area contributed by atoms with Gasteiger partial charge >= 0.3 is 0 Å². The van der Waals surface area contributed by atoms with E-state index in [0.29, 0.717) is 0 Å². The van der Waals surface area contributed by atoms with Gasteiger partial charge in [0, 0.05) is 19.5 Å². The molecule has 0 aliphatic rings. The summed E-state index contributed by atoms with van der Waals surface area (Å²) in [4.78, 5) is 0. The maximum Gasteiger partial charge on any atom is 0.0738 e. The molecule has 0 aliphatic heterocycles. The number of hydrogen-bond acceptors (Lipinski definition) is 2. The summed E-state index contributed by atoms with van der Waals surface area (Å²) in [5.41, 5.74) is 2.39. The Kier molecular flexibility index (Phi) is 5.32. The molecule has 0 saturated carbocycles. The average Bonchev–Trinajstić information content (AvgIpc) is 2.51. The molecular formula is C11H20BrN3. The maximum atomic E-state index is 4.47. The van der Waals surface area contributed by atoms with Crippen molar-refractivity contribution in [3.05, 3.63) is 15.9 Å². The van der Waals surface area contributed by atoms with E-state index >= 15 is 0 Å². The summed E-state index contributed by atoms with van der Waals surface area (Å²) in [6, 6.07) is 0. The van der Waals surface area contributed by atoms with Crippen molar-refractivity contribution in [1.82, 2.24) is 15.1 Å². The molecular weight excluding hydrogens is 254 g/mol. The number of rotatable bonds is 6. The lowest BCUT2D eigenvalue weighted by Crippen LogP contribution is -2.19. The molecule has 15 heavy (non-hydrogen) atoms. The fourth-order valence-electron chi connectivity index (χ4n) is 1.62. The average molecular weight is 274 g/mol. The Balaban J connectivity index is 2.58. The number of nitrogens with one attached hydrogen (secondary N) is 1. The highest BCUT2D eigenvalue weighted by atomic mass is 79.9. The number of hydrogen-bond donors (Lipinski definition) is 1. The summed E-state index contributed by atoms with van der Waals surface area (Å²) in [5.74, 6) is 0. The minimum Gasteiger partial charge on any atom is -0.316 e. The second-order valence-electron chi connectivity index (χ2n) is 3.66. The van der Waals surface area contributed by atoms with Crippen molar-refractivity contribution in [1.29, 1.82) is 0 Å². The van der Waals surface area contributed by atoms with E-state index in [1.807, 2.05) is 6.92 Å². The van der Waals surface area contributed by atoms with Gasteiger partial charge in [0.05, 0.1) is 15.9 Å². The van der Waals surface area contributed by atoms with Gasteiger partial charge in [0.1, 0.15) is 0 Å². The molecule has 0 fully saturated rings. The third kappa shape index (κ3) is 3.31. The molecule has 0 aromatic carbocycles. The molecule has 0 amide bonds. The zero-order valence-electron chi connectivity index (χ0n) is 9.81. The van der Waals surface area contributed by atoms with E-state index in [-0.39, 0.29) is 0 Å². The smallest absolute Gasteiger partial charge is 0.0738 e. The Morgan fingerprint density at radius 2 is 2.07 bits per heavy atom. The first kappa shape index (κ1) is 12.7. The van der Waals surface area contributed by atoms with Crippen LogP contribution in [-0.4, -0.2) is 22.9 Å². The van der Waals surface area contributed by atoms with E-state index in [2.05, 4.69) is 44.9 Å². The standard InChI is InChI=1S/C11H20BrN3/c1-4-7-13-8-6-10-11(12)9(3)14-15(10)5-2/h13H,4-8H2,1-3H3. The molecule has 1 rings (SSSR count). The number of aromatic nitrogens is 2. The molecule has 86 valence electrons. The number of halogens is 1. The summed E-state index contributed by atoms with van der Waals surface area (Å²) in [5, 5.41) is 7.88. The maximum absolute atomic E-state index is 4.47. The number of aryl methyl sites for hydroxylation is 2. The number of nitrogens with zero attached hydrogens (tertiary/aromatic N) is 2. The molecule has 1 heterocycles. The van der Waals surface area contributed by atoms with E-state index in [0.717, 1.165) is 31.7 Å². The topological polar surface area (TPSA) is 29.9 Å². The van der Waals surface area contributed by atoms with Crippen molar-refractivity contribution in [2.45, 2.75) is 40.2 Å². The third-order valence-corrected chi connectivity index (χ3v) is 3.45. The van der Waals surface area contributed by atoms with Crippen LogP contribution in [0, 0.1) is 6.92 Å². The van der Waals surface area contributed by atoms with Crippen molar-refractivity contribution in [3.63, 3.8) is 0 Å². The SMILES string of the molecule is CCCNCCc1c(Br)c(C)nn1CC. The van der Waals surface area contributed by atoms with Crippen LogP contribution in [0.25, 0.3) is 0 Å². The molecule has 3 nitrogen and oxygen atoms in total. The largest absolute Gasteiger partial charge is 0.316 e. The van der Waals surface area contributed by atoms with Crippen molar-refractivity contribution >= 4 is 15.9 Å². The van der Waals surface area contributed by atoms with Crippen LogP contribution in [-0.2, 0) is 13.0 Å². The van der Waals surface area contributed by atoms with Crippen molar-refractivity contribution < 1.29 is 0 Å². The Hall–Kier alpha value is -0.350. The second kappa shape index (κ2) is 6.28. The molecule has 0 atom stereocenters. The van der Waals surface area contributed by atoms with Gasteiger partial charge < -0.3 is 5.32 Å². The predicted octanol–water partition coefficient (Wildman–Crippen LogP) is 2.52. The Morgan fingerprint density at radius 3 is 2.67 bits per heavy atom. The Morgan fingerprint density at radius 1 is 1.33 bits per heavy atom. The first-order chi connectivity index (χ1) is 7.20. The lowest BCUT2D eigenvalue weighted by atomic mass is 10.3. The van der Waals surface area contributed by atoms with Crippen LogP contribution in [0.3, 0.4) is 0 Å². The predicted molar refractivity (Wildman–Crippen MR) is 67.2 cm³/mol. The quantitative estimate of drug-likeness (QED) is 0.808. The van der Waals surface area contributed by atoms with Gasteiger partial charge in [-0.15, -0.1) is 0 Å². The summed E-state index contributed by atoms with van der Waals surface area (Å²) in [7, 11) is 0. The van der Waals surface area contributed by atoms with Crippen LogP contribution in [0.2, 0.25) is 0 Å². The molecule has 1 aromatic rings. The minimum absolute atomic E-state index is 0.940. The fraction of sp³-hybridized carbons (Fsp3) is 0.727. The molecule has 0 spiro atoms. The molecule has 4 heteroatoms. The van der Waals surface area contributed by atoms with E-state index < -0.39 is 0 Å². The molecule has 1 aromatic heterocycles. The van der Waals surface area contributed by atoms with Crippen molar-refractivity contribution in [2.75, 3.05) is 13.1 Å². The van der Waals surface area contributed by atoms with Crippen molar-refractivity contribution in [3.8, 4) is 0 Å². The van der Waals surface area contributed by atoms with Gasteiger partial charge in [-0.2, -0.15) is 5.10 Å². The molecule has 1 N–H and O–H groups in total. The lowest BCUT2D eigenvalue weighted by molar-refractivity contribution is 0.592. The fourth-order valence-corrected chi connectivity index (χ4v) is 2.10. The van der Waals surface area contributed by atoms with Gasteiger partial charge in [0.15, 0.2) is 0 Å². The molecule has 0 saturated heterocycles. The zero-order chi connectivity index (χ0) is 11.3. The van der Waals surface area contributed by atoms with E-state index in [4.69, 9.17) is 0 Å². The Labute approximate surface area is 100 Å². The van der Waals surface area contributed by atoms with Crippen molar-refractivity contribution in [2.24, 2.45) is 0 Å². The normalized spacial score (nSPS) is 10.9. The van der Waals surface area contributed by atoms with Crippen LogP contribution in [0.4, 0.5) is 0 Å². The summed E-state index contributed by atoms with van der Waals surface area (Å²) in [6.45, 7) is 9.41. The van der Waals surface area contributed by atoms with Gasteiger partial charge in [0.2, 0.25) is 0 Å². The van der Waals surface area contributed by atoms with E-state index in [9.17, 15) is 0 Å². The van der Waals surface area contributed by atoms with Gasteiger partial charge in [0.25, 0.3) is 0 Å². The zero-order valence-corrected chi connectivity index (χ0v) is 11.4. The monoisotopic (exact) mass is 273 g/mol. The summed E-state index contributed by atoms with van der Waals surface area (Å²) in [6.07, 6.45) is 2.22. The van der Waals surface area contributed by atoms with Gasteiger partial charge in [-0.1, -0.05) is 6.92 Å². The highest BCUT2D eigenvalue weighted by Gasteiger charge is 2.10. The van der Waals surface area contributed by atoms with Crippen LogP contribution in [0.5, 0.6) is 0 Å². The first-order valence-corrected chi connectivity index (χ1v) is 6.42. The second-order valence-corrected chi connectivity index (χ2v) is 4.45. The van der Waals surface area contributed by atoms with Crippen LogP contribution >= 0.6 is 15.9 Å². The molecule has 0 bridgehead atoms. The minimum atomic E-state index is 0.940. The Bertz CT molecular complexity index is 307. The van der Waals surface area contributed by atoms with Gasteiger partial charge in [-0.3, -0.25) is 4.68 Å². The van der Waals surface area contributed by atoms with Crippen LogP contribution in [0.1, 0.15) is 31.7 Å².